The van der Waals surface area contributed by atoms with Crippen molar-refractivity contribution in [3.05, 3.63) is 125 Å². The van der Waals surface area contributed by atoms with E-state index in [0.717, 1.165) is 23.4 Å². The molecule has 0 aliphatic carbocycles. The predicted octanol–water partition coefficient (Wildman–Crippen LogP) is 4.91. The first-order valence-corrected chi connectivity index (χ1v) is 9.93. The van der Waals surface area contributed by atoms with Crippen LogP contribution in [0.15, 0.2) is 97.2 Å². The first-order valence-electron chi connectivity index (χ1n) is 9.93. The van der Waals surface area contributed by atoms with Crippen molar-refractivity contribution < 1.29 is 4.74 Å². The molecule has 3 heteroatoms. The van der Waals surface area contributed by atoms with Crippen LogP contribution >= 0.6 is 0 Å². The second kappa shape index (κ2) is 8.38. The molecule has 29 heavy (non-hydrogen) atoms. The number of ether oxygens (including phenoxy) is 1. The molecule has 146 valence electrons. The lowest BCUT2D eigenvalue weighted by Gasteiger charge is -2.37. The van der Waals surface area contributed by atoms with E-state index in [9.17, 15) is 0 Å². The molecule has 0 radical (unpaired) electrons. The van der Waals surface area contributed by atoms with Gasteiger partial charge in [-0.05, 0) is 23.2 Å². The first-order chi connectivity index (χ1) is 14.3. The Labute approximate surface area is 172 Å². The van der Waals surface area contributed by atoms with Gasteiger partial charge in [-0.2, -0.15) is 0 Å². The molecule has 3 nitrogen and oxygen atoms in total. The number of benzene rings is 3. The van der Waals surface area contributed by atoms with Crippen LogP contribution in [0.25, 0.3) is 0 Å². The quantitative estimate of drug-likeness (QED) is 0.446. The zero-order valence-corrected chi connectivity index (χ0v) is 16.6. The normalized spacial score (nSPS) is 11.4. The molecule has 3 aromatic carbocycles. The van der Waals surface area contributed by atoms with Gasteiger partial charge in [0, 0.05) is 23.9 Å². The molecule has 0 saturated heterocycles. The van der Waals surface area contributed by atoms with E-state index < -0.39 is 5.41 Å². The number of aromatic nitrogens is 1. The summed E-state index contributed by atoms with van der Waals surface area (Å²) in [7, 11) is 1.73. The Morgan fingerprint density at radius 2 is 1.21 bits per heavy atom. The Morgan fingerprint density at radius 3 is 1.59 bits per heavy atom. The third-order valence-electron chi connectivity index (χ3n) is 5.54. The van der Waals surface area contributed by atoms with Gasteiger partial charge < -0.3 is 15.5 Å². The number of nitrogens with two attached hydrogens (primary N) is 1. The van der Waals surface area contributed by atoms with Crippen LogP contribution < -0.4 is 10.5 Å². The summed E-state index contributed by atoms with van der Waals surface area (Å²) in [5, 5.41) is 0. The molecule has 0 aliphatic heterocycles. The van der Waals surface area contributed by atoms with Crippen LogP contribution in [-0.4, -0.2) is 18.6 Å². The van der Waals surface area contributed by atoms with Gasteiger partial charge in [0.15, 0.2) is 0 Å². The molecular weight excluding hydrogens is 356 g/mol. The minimum absolute atomic E-state index is 0.528. The van der Waals surface area contributed by atoms with Crippen molar-refractivity contribution in [3.63, 3.8) is 0 Å². The zero-order chi connectivity index (χ0) is 20.1. The predicted molar refractivity (Wildman–Crippen MR) is 118 cm³/mol. The van der Waals surface area contributed by atoms with Gasteiger partial charge >= 0.3 is 0 Å². The zero-order valence-electron chi connectivity index (χ0n) is 16.6. The van der Waals surface area contributed by atoms with Crippen LogP contribution in [0.2, 0.25) is 0 Å². The van der Waals surface area contributed by atoms with E-state index in [-0.39, 0.29) is 0 Å². The van der Waals surface area contributed by atoms with Gasteiger partial charge in [0.25, 0.3) is 0 Å². The Balaban J connectivity index is 2.17. The standard InChI is InChI=1S/C26H26N2O/c1-29-24-19-28-23(17-18-27)25(24)26(20-11-5-2-6-12-20,21-13-7-3-8-14-21)22-15-9-4-10-16-22/h2-16,19,28H,17-18,27H2,1H3. The van der Waals surface area contributed by atoms with Gasteiger partial charge in [0.2, 0.25) is 0 Å². The summed E-state index contributed by atoms with van der Waals surface area (Å²) in [6, 6.07) is 31.9. The molecular formula is C26H26N2O. The van der Waals surface area contributed by atoms with Crippen molar-refractivity contribution in [1.82, 2.24) is 4.98 Å². The molecule has 0 unspecified atom stereocenters. The second-order valence-corrected chi connectivity index (χ2v) is 7.10. The number of nitrogens with one attached hydrogen (secondary N) is 1. The molecule has 0 amide bonds. The van der Waals surface area contributed by atoms with E-state index in [1.165, 1.54) is 16.7 Å². The maximum Gasteiger partial charge on any atom is 0.141 e. The summed E-state index contributed by atoms with van der Waals surface area (Å²) in [6.07, 6.45) is 2.69. The third-order valence-corrected chi connectivity index (χ3v) is 5.54. The molecule has 1 aromatic heterocycles. The molecule has 4 rings (SSSR count). The third kappa shape index (κ3) is 3.24. The van der Waals surface area contributed by atoms with Gasteiger partial charge in [-0.15, -0.1) is 0 Å². The number of hydrogen-bond acceptors (Lipinski definition) is 2. The highest BCUT2D eigenvalue weighted by atomic mass is 16.5. The minimum Gasteiger partial charge on any atom is -0.495 e. The van der Waals surface area contributed by atoms with E-state index in [4.69, 9.17) is 10.5 Å². The fourth-order valence-electron chi connectivity index (χ4n) is 4.36. The lowest BCUT2D eigenvalue weighted by molar-refractivity contribution is 0.406. The summed E-state index contributed by atoms with van der Waals surface area (Å²) in [5.41, 5.74) is 11.2. The van der Waals surface area contributed by atoms with Crippen molar-refractivity contribution in [2.75, 3.05) is 13.7 Å². The SMILES string of the molecule is COc1c[nH]c(CCN)c1C(c1ccccc1)(c1ccccc1)c1ccccc1. The first kappa shape index (κ1) is 19.0. The van der Waals surface area contributed by atoms with Crippen molar-refractivity contribution in [1.29, 1.82) is 0 Å². The highest BCUT2D eigenvalue weighted by Crippen LogP contribution is 2.49. The topological polar surface area (TPSA) is 51.0 Å². The largest absolute Gasteiger partial charge is 0.495 e. The van der Waals surface area contributed by atoms with Crippen LogP contribution in [-0.2, 0) is 11.8 Å². The summed E-state index contributed by atoms with van der Waals surface area (Å²) in [5.74, 6) is 0.838. The van der Waals surface area contributed by atoms with Gasteiger partial charge in [-0.1, -0.05) is 91.0 Å². The Morgan fingerprint density at radius 1 is 0.759 bits per heavy atom. The molecule has 0 bridgehead atoms. The van der Waals surface area contributed by atoms with Crippen LogP contribution in [0.5, 0.6) is 5.75 Å². The van der Waals surface area contributed by atoms with Crippen molar-refractivity contribution in [2.24, 2.45) is 5.73 Å². The maximum atomic E-state index is 5.98. The number of aromatic amines is 1. The molecule has 3 N–H and O–H groups in total. The fourth-order valence-corrected chi connectivity index (χ4v) is 4.36. The molecule has 0 spiro atoms. The van der Waals surface area contributed by atoms with Crippen LogP contribution in [0, 0.1) is 0 Å². The summed E-state index contributed by atoms with van der Waals surface area (Å²) < 4.78 is 5.87. The second-order valence-electron chi connectivity index (χ2n) is 7.10. The van der Waals surface area contributed by atoms with Crippen molar-refractivity contribution >= 4 is 0 Å². The van der Waals surface area contributed by atoms with Gasteiger partial charge in [0.05, 0.1) is 12.5 Å². The van der Waals surface area contributed by atoms with Crippen molar-refractivity contribution in [3.8, 4) is 5.75 Å². The van der Waals surface area contributed by atoms with E-state index in [2.05, 4.69) is 96.0 Å². The van der Waals surface area contributed by atoms with E-state index in [1.807, 2.05) is 6.20 Å². The van der Waals surface area contributed by atoms with E-state index in [1.54, 1.807) is 7.11 Å². The Hall–Kier alpha value is -3.30. The maximum absolute atomic E-state index is 5.98. The average molecular weight is 383 g/mol. The molecule has 0 saturated carbocycles. The van der Waals surface area contributed by atoms with E-state index in [0.29, 0.717) is 6.54 Å². The monoisotopic (exact) mass is 382 g/mol. The summed E-state index contributed by atoms with van der Waals surface area (Å²) >= 11 is 0. The van der Waals surface area contributed by atoms with Crippen molar-refractivity contribution in [2.45, 2.75) is 11.8 Å². The van der Waals surface area contributed by atoms with Gasteiger partial charge in [-0.25, -0.2) is 0 Å². The average Bonchev–Trinajstić information content (AvgIpc) is 3.20. The molecule has 1 heterocycles. The van der Waals surface area contributed by atoms with Gasteiger partial charge in [0.1, 0.15) is 5.75 Å². The number of rotatable bonds is 7. The molecule has 0 atom stereocenters. The summed E-state index contributed by atoms with van der Waals surface area (Å²) in [4.78, 5) is 3.44. The molecule has 0 aliphatic rings. The Kier molecular flexibility index (Phi) is 5.50. The van der Waals surface area contributed by atoms with Gasteiger partial charge in [-0.3, -0.25) is 0 Å². The van der Waals surface area contributed by atoms with Crippen LogP contribution in [0.3, 0.4) is 0 Å². The van der Waals surface area contributed by atoms with Crippen LogP contribution in [0.4, 0.5) is 0 Å². The lowest BCUT2D eigenvalue weighted by atomic mass is 9.64. The fraction of sp³-hybridized carbons (Fsp3) is 0.154. The minimum atomic E-state index is -0.528. The van der Waals surface area contributed by atoms with Crippen LogP contribution in [0.1, 0.15) is 27.9 Å². The highest BCUT2D eigenvalue weighted by molar-refractivity contribution is 5.64. The smallest absolute Gasteiger partial charge is 0.141 e. The lowest BCUT2D eigenvalue weighted by Crippen LogP contribution is -2.32. The molecule has 0 fully saturated rings. The highest BCUT2D eigenvalue weighted by Gasteiger charge is 2.42. The Bertz CT molecular complexity index is 943. The van der Waals surface area contributed by atoms with E-state index >= 15 is 0 Å². The number of methoxy groups -OCH3 is 1. The number of hydrogen-bond donors (Lipinski definition) is 2. The summed E-state index contributed by atoms with van der Waals surface area (Å²) in [6.45, 7) is 0.561. The molecule has 4 aromatic rings. The number of H-pyrrole nitrogens is 1.